The zero-order chi connectivity index (χ0) is 15.4. The van der Waals surface area contributed by atoms with Gasteiger partial charge in [-0.25, -0.2) is 8.78 Å². The Bertz CT molecular complexity index is 677. The highest BCUT2D eigenvalue weighted by atomic mass is 19.2. The zero-order valence-electron chi connectivity index (χ0n) is 11.1. The summed E-state index contributed by atoms with van der Waals surface area (Å²) < 4.78 is 31.7. The fraction of sp³-hybridized carbons (Fsp3) is 0.143. The summed E-state index contributed by atoms with van der Waals surface area (Å²) in [5.74, 6) is -1.54. The molecule has 0 aromatic heterocycles. The van der Waals surface area contributed by atoms with Gasteiger partial charge in [0.1, 0.15) is 5.75 Å². The van der Waals surface area contributed by atoms with Crippen LogP contribution < -0.4 is 10.1 Å². The fourth-order valence-corrected chi connectivity index (χ4v) is 1.85. The van der Waals surface area contributed by atoms with Crippen molar-refractivity contribution in [2.75, 3.05) is 12.4 Å². The number of nitrogens with one attached hydrogen (secondary N) is 1. The highest BCUT2D eigenvalue weighted by Gasteiger charge is 2.12. The van der Waals surface area contributed by atoms with Crippen LogP contribution in [0.15, 0.2) is 36.4 Å². The average Bonchev–Trinajstić information content (AvgIpc) is 2.48. The Hall–Kier alpha value is -2.70. The summed E-state index contributed by atoms with van der Waals surface area (Å²) in [6.45, 7) is 0.0607. The van der Waals surface area contributed by atoms with Crippen LogP contribution in [0.25, 0.3) is 0 Å². The van der Waals surface area contributed by atoms with E-state index in [1.54, 1.807) is 0 Å². The molecule has 0 atom stereocenters. The molecule has 0 aliphatic rings. The summed E-state index contributed by atoms with van der Waals surface area (Å²) >= 11 is 0. The molecule has 0 saturated heterocycles. The van der Waals surface area contributed by atoms with Crippen molar-refractivity contribution in [1.29, 1.82) is 0 Å². The molecule has 0 unspecified atom stereocenters. The van der Waals surface area contributed by atoms with Crippen LogP contribution in [0.1, 0.15) is 5.56 Å². The topological polar surface area (TPSA) is 64.4 Å². The maximum absolute atomic E-state index is 13.5. The van der Waals surface area contributed by atoms with Crippen LogP contribution in [0.3, 0.4) is 0 Å². The summed E-state index contributed by atoms with van der Waals surface area (Å²) in [6, 6.07) is 7.84. The molecular weight excluding hydrogens is 282 g/mol. The third-order valence-corrected chi connectivity index (χ3v) is 2.90. The largest absolute Gasteiger partial charge is 0.496 e. The van der Waals surface area contributed by atoms with Crippen LogP contribution in [0.5, 0.6) is 5.75 Å². The van der Waals surface area contributed by atoms with E-state index in [1.807, 2.05) is 0 Å². The molecule has 0 radical (unpaired) electrons. The average molecular weight is 294 g/mol. The smallest absolute Gasteiger partial charge is 0.270 e. The standard InChI is InChI=1S/C14H12F2N2O3/c1-21-13-6-5-10(18(19)20)7-9(13)8-17-12-4-2-3-11(15)14(12)16/h2-7,17H,8H2,1H3. The Kier molecular flexibility index (Phi) is 4.32. The summed E-state index contributed by atoms with van der Waals surface area (Å²) in [6.07, 6.45) is 0. The van der Waals surface area contributed by atoms with E-state index >= 15 is 0 Å². The van der Waals surface area contributed by atoms with E-state index in [-0.39, 0.29) is 17.9 Å². The molecule has 0 aliphatic heterocycles. The predicted molar refractivity (Wildman–Crippen MR) is 73.3 cm³/mol. The summed E-state index contributed by atoms with van der Waals surface area (Å²) in [5.41, 5.74) is 0.339. The second-order valence-corrected chi connectivity index (χ2v) is 4.21. The van der Waals surface area contributed by atoms with Crippen molar-refractivity contribution in [2.45, 2.75) is 6.54 Å². The molecule has 2 aromatic carbocycles. The van der Waals surface area contributed by atoms with Crippen LogP contribution in [-0.2, 0) is 6.54 Å². The van der Waals surface area contributed by atoms with Crippen LogP contribution in [-0.4, -0.2) is 12.0 Å². The van der Waals surface area contributed by atoms with Crippen molar-refractivity contribution < 1.29 is 18.4 Å². The number of anilines is 1. The van der Waals surface area contributed by atoms with Crippen LogP contribution >= 0.6 is 0 Å². The van der Waals surface area contributed by atoms with E-state index in [9.17, 15) is 18.9 Å². The number of benzene rings is 2. The van der Waals surface area contributed by atoms with Gasteiger partial charge in [0.2, 0.25) is 0 Å². The van der Waals surface area contributed by atoms with Gasteiger partial charge in [-0.3, -0.25) is 10.1 Å². The number of nitro benzene ring substituents is 1. The number of nitrogens with zero attached hydrogens (tertiary/aromatic N) is 1. The van der Waals surface area contributed by atoms with Gasteiger partial charge in [-0.1, -0.05) is 6.07 Å². The van der Waals surface area contributed by atoms with E-state index in [0.717, 1.165) is 6.07 Å². The molecule has 0 aliphatic carbocycles. The van der Waals surface area contributed by atoms with E-state index in [2.05, 4.69) is 5.32 Å². The molecule has 0 spiro atoms. The summed E-state index contributed by atoms with van der Waals surface area (Å²) in [4.78, 5) is 10.2. The van der Waals surface area contributed by atoms with Crippen LogP contribution in [0.2, 0.25) is 0 Å². The van der Waals surface area contributed by atoms with Gasteiger partial charge in [0.05, 0.1) is 17.7 Å². The minimum atomic E-state index is -0.998. The molecule has 21 heavy (non-hydrogen) atoms. The predicted octanol–water partition coefficient (Wildman–Crippen LogP) is 3.49. The first-order valence-electron chi connectivity index (χ1n) is 6.02. The van der Waals surface area contributed by atoms with Gasteiger partial charge in [0, 0.05) is 24.2 Å². The summed E-state index contributed by atoms with van der Waals surface area (Å²) in [7, 11) is 1.42. The number of halogens is 2. The molecule has 0 saturated carbocycles. The quantitative estimate of drug-likeness (QED) is 0.677. The highest BCUT2D eigenvalue weighted by molar-refractivity contribution is 5.49. The lowest BCUT2D eigenvalue weighted by Gasteiger charge is -2.11. The number of hydrogen-bond donors (Lipinski definition) is 1. The SMILES string of the molecule is COc1ccc([N+](=O)[O-])cc1CNc1cccc(F)c1F. The Labute approximate surface area is 119 Å². The van der Waals surface area contributed by atoms with E-state index in [1.165, 1.54) is 37.4 Å². The summed E-state index contributed by atoms with van der Waals surface area (Å²) in [5, 5.41) is 13.5. The molecule has 5 nitrogen and oxygen atoms in total. The lowest BCUT2D eigenvalue weighted by molar-refractivity contribution is -0.384. The third kappa shape index (κ3) is 3.25. The van der Waals surface area contributed by atoms with Crippen molar-refractivity contribution in [2.24, 2.45) is 0 Å². The van der Waals surface area contributed by atoms with Crippen molar-refractivity contribution in [3.05, 3.63) is 63.7 Å². The molecule has 0 heterocycles. The maximum atomic E-state index is 13.5. The van der Waals surface area contributed by atoms with Crippen molar-refractivity contribution in [1.82, 2.24) is 0 Å². The van der Waals surface area contributed by atoms with Crippen LogP contribution in [0.4, 0.5) is 20.2 Å². The Morgan fingerprint density at radius 2 is 2.05 bits per heavy atom. The number of rotatable bonds is 5. The second-order valence-electron chi connectivity index (χ2n) is 4.21. The number of non-ortho nitro benzene ring substituents is 1. The van der Waals surface area contributed by atoms with Crippen molar-refractivity contribution in [3.63, 3.8) is 0 Å². The third-order valence-electron chi connectivity index (χ3n) is 2.90. The molecule has 110 valence electrons. The molecular formula is C14H12F2N2O3. The molecule has 1 N–H and O–H groups in total. The normalized spacial score (nSPS) is 10.2. The molecule has 7 heteroatoms. The number of ether oxygens (including phenoxy) is 1. The Morgan fingerprint density at radius 3 is 2.71 bits per heavy atom. The van der Waals surface area contributed by atoms with Crippen molar-refractivity contribution in [3.8, 4) is 5.75 Å². The van der Waals surface area contributed by atoms with E-state index < -0.39 is 16.6 Å². The lowest BCUT2D eigenvalue weighted by Crippen LogP contribution is -2.05. The molecule has 0 bridgehead atoms. The van der Waals surface area contributed by atoms with Gasteiger partial charge in [-0.2, -0.15) is 0 Å². The fourth-order valence-electron chi connectivity index (χ4n) is 1.85. The van der Waals surface area contributed by atoms with Gasteiger partial charge in [0.15, 0.2) is 11.6 Å². The number of hydrogen-bond acceptors (Lipinski definition) is 4. The maximum Gasteiger partial charge on any atom is 0.270 e. The zero-order valence-corrected chi connectivity index (χ0v) is 11.1. The van der Waals surface area contributed by atoms with E-state index in [0.29, 0.717) is 11.3 Å². The van der Waals surface area contributed by atoms with Gasteiger partial charge in [0.25, 0.3) is 5.69 Å². The first kappa shape index (κ1) is 14.7. The van der Waals surface area contributed by atoms with Crippen LogP contribution in [0, 0.1) is 21.7 Å². The number of nitro groups is 1. The second kappa shape index (κ2) is 6.17. The Morgan fingerprint density at radius 1 is 1.29 bits per heavy atom. The van der Waals surface area contributed by atoms with Gasteiger partial charge in [-0.15, -0.1) is 0 Å². The van der Waals surface area contributed by atoms with Crippen molar-refractivity contribution >= 4 is 11.4 Å². The molecule has 0 amide bonds. The lowest BCUT2D eigenvalue weighted by atomic mass is 10.1. The highest BCUT2D eigenvalue weighted by Crippen LogP contribution is 2.25. The first-order chi connectivity index (χ1) is 10.0. The van der Waals surface area contributed by atoms with E-state index in [4.69, 9.17) is 4.74 Å². The Balaban J connectivity index is 2.24. The van der Waals surface area contributed by atoms with Gasteiger partial charge < -0.3 is 10.1 Å². The molecule has 2 aromatic rings. The monoisotopic (exact) mass is 294 g/mol. The molecule has 2 rings (SSSR count). The number of methoxy groups -OCH3 is 1. The molecule has 0 fully saturated rings. The minimum Gasteiger partial charge on any atom is -0.496 e. The minimum absolute atomic E-state index is 0.0245. The first-order valence-corrected chi connectivity index (χ1v) is 6.02. The van der Waals surface area contributed by atoms with Gasteiger partial charge >= 0.3 is 0 Å². The van der Waals surface area contributed by atoms with Gasteiger partial charge in [-0.05, 0) is 18.2 Å².